The molecule has 0 bridgehead atoms. The fourth-order valence-electron chi connectivity index (χ4n) is 5.70. The first-order chi connectivity index (χ1) is 19.8. The molecule has 1 atom stereocenters. The normalized spacial score (nSPS) is 19.8. The number of benzene rings is 2. The maximum atomic E-state index is 13.4. The summed E-state index contributed by atoms with van der Waals surface area (Å²) in [5.74, 6) is 0.448. The van der Waals surface area contributed by atoms with Crippen molar-refractivity contribution in [2.45, 2.75) is 50.5 Å². The van der Waals surface area contributed by atoms with Crippen LogP contribution in [-0.2, 0) is 18.8 Å². The first-order valence-corrected chi connectivity index (χ1v) is 13.9. The maximum absolute atomic E-state index is 13.4. The fourth-order valence-corrected chi connectivity index (χ4v) is 5.98. The Kier molecular flexibility index (Phi) is 8.64. The van der Waals surface area contributed by atoms with Crippen LogP contribution in [0.25, 0.3) is 11.0 Å². The molecule has 1 saturated heterocycles. The molecule has 1 saturated carbocycles. The van der Waals surface area contributed by atoms with Gasteiger partial charge in [0.2, 0.25) is 0 Å². The highest BCUT2D eigenvalue weighted by atomic mass is 35.5. The van der Waals surface area contributed by atoms with E-state index in [9.17, 15) is 36.5 Å². The summed E-state index contributed by atoms with van der Waals surface area (Å²) in [6, 6.07) is 7.38. The molecule has 2 aromatic carbocycles. The molecule has 2 aliphatic rings. The molecule has 3 aromatic rings. The summed E-state index contributed by atoms with van der Waals surface area (Å²) >= 11 is 6.36. The van der Waals surface area contributed by atoms with Crippen molar-refractivity contribution in [3.8, 4) is 0 Å². The van der Waals surface area contributed by atoms with Crippen molar-refractivity contribution in [3.05, 3.63) is 74.5 Å². The SMILES string of the molecule is O=[N+]([O-])c1ccc(NC2CCC[C](N3CCN(CCc4oc5ccc(C(F)(F)F)cc5c4Cl)CC3)C2)cc1C(F)(F)F. The number of nitrogens with zero attached hydrogens (tertiary/aromatic N) is 3. The Hall–Kier alpha value is -3.03. The first-order valence-electron chi connectivity index (χ1n) is 13.5. The van der Waals surface area contributed by atoms with E-state index in [-0.39, 0.29) is 22.1 Å². The number of hydrogen-bond acceptors (Lipinski definition) is 6. The monoisotopic (exact) mass is 617 g/mol. The largest absolute Gasteiger partial charge is 0.459 e. The van der Waals surface area contributed by atoms with Gasteiger partial charge in [-0.1, -0.05) is 11.6 Å². The van der Waals surface area contributed by atoms with Crippen molar-refractivity contribution >= 4 is 33.9 Å². The molecule has 1 aliphatic heterocycles. The van der Waals surface area contributed by atoms with E-state index in [1.807, 2.05) is 0 Å². The molecular weight excluding hydrogens is 590 g/mol. The lowest BCUT2D eigenvalue weighted by molar-refractivity contribution is -0.388. The number of piperazine rings is 1. The van der Waals surface area contributed by atoms with Crippen LogP contribution < -0.4 is 5.32 Å². The number of nitro groups is 1. The van der Waals surface area contributed by atoms with E-state index >= 15 is 0 Å². The van der Waals surface area contributed by atoms with Crippen LogP contribution in [0.4, 0.5) is 37.7 Å². The van der Waals surface area contributed by atoms with Gasteiger partial charge in [0.15, 0.2) is 0 Å². The second-order valence-electron chi connectivity index (χ2n) is 10.6. The number of anilines is 1. The average Bonchev–Trinajstić information content (AvgIpc) is 3.26. The summed E-state index contributed by atoms with van der Waals surface area (Å²) in [7, 11) is 0. The molecule has 227 valence electrons. The van der Waals surface area contributed by atoms with Gasteiger partial charge in [-0.2, -0.15) is 26.3 Å². The van der Waals surface area contributed by atoms with Crippen LogP contribution in [0, 0.1) is 16.2 Å². The third-order valence-electron chi connectivity index (χ3n) is 7.87. The Bertz CT molecular complexity index is 1440. The van der Waals surface area contributed by atoms with E-state index in [0.29, 0.717) is 30.7 Å². The Morgan fingerprint density at radius 2 is 1.76 bits per heavy atom. The third-order valence-corrected chi connectivity index (χ3v) is 8.28. The van der Waals surface area contributed by atoms with Gasteiger partial charge < -0.3 is 14.6 Å². The van der Waals surface area contributed by atoms with Crippen LogP contribution >= 0.6 is 11.6 Å². The topological polar surface area (TPSA) is 74.8 Å². The van der Waals surface area contributed by atoms with Gasteiger partial charge in [-0.15, -0.1) is 0 Å². The number of hydrogen-bond donors (Lipinski definition) is 1. The Labute approximate surface area is 242 Å². The number of alkyl halides is 6. The minimum atomic E-state index is -4.84. The van der Waals surface area contributed by atoms with Gasteiger partial charge in [0.05, 0.1) is 15.5 Å². The van der Waals surface area contributed by atoms with Gasteiger partial charge in [0.1, 0.15) is 16.9 Å². The molecule has 14 heteroatoms. The molecule has 1 N–H and O–H groups in total. The number of fused-ring (bicyclic) bond motifs is 1. The van der Waals surface area contributed by atoms with Gasteiger partial charge >= 0.3 is 12.4 Å². The highest BCUT2D eigenvalue weighted by Crippen LogP contribution is 2.39. The molecule has 1 radical (unpaired) electrons. The lowest BCUT2D eigenvalue weighted by atomic mass is 9.89. The highest BCUT2D eigenvalue weighted by Gasteiger charge is 2.39. The Balaban J connectivity index is 1.14. The summed E-state index contributed by atoms with van der Waals surface area (Å²) in [6.45, 7) is 3.67. The predicted octanol–water partition coefficient (Wildman–Crippen LogP) is 7.78. The molecule has 1 aliphatic carbocycles. The number of halogens is 7. The Morgan fingerprint density at radius 3 is 2.43 bits per heavy atom. The van der Waals surface area contributed by atoms with Crippen LogP contribution in [0.15, 0.2) is 40.8 Å². The average molecular weight is 618 g/mol. The van der Waals surface area contributed by atoms with Gasteiger partial charge in [-0.3, -0.25) is 15.0 Å². The molecule has 42 heavy (non-hydrogen) atoms. The molecule has 7 nitrogen and oxygen atoms in total. The van der Waals surface area contributed by atoms with Crippen LogP contribution in [-0.4, -0.2) is 53.5 Å². The molecule has 1 unspecified atom stereocenters. The zero-order chi connectivity index (χ0) is 30.2. The summed E-state index contributed by atoms with van der Waals surface area (Å²) in [5, 5.41) is 14.6. The zero-order valence-corrected chi connectivity index (χ0v) is 23.1. The summed E-state index contributed by atoms with van der Waals surface area (Å²) in [5.41, 5.74) is -2.52. The van der Waals surface area contributed by atoms with Crippen LogP contribution in [0.3, 0.4) is 0 Å². The van der Waals surface area contributed by atoms with Crippen molar-refractivity contribution in [1.82, 2.24) is 9.80 Å². The van der Waals surface area contributed by atoms with Crippen molar-refractivity contribution < 1.29 is 35.7 Å². The van der Waals surface area contributed by atoms with Crippen molar-refractivity contribution in [3.63, 3.8) is 0 Å². The second kappa shape index (κ2) is 11.9. The van der Waals surface area contributed by atoms with Crippen molar-refractivity contribution in [1.29, 1.82) is 0 Å². The van der Waals surface area contributed by atoms with E-state index in [4.69, 9.17) is 16.0 Å². The fraction of sp³-hybridized carbons (Fsp3) is 0.464. The predicted molar refractivity (Wildman–Crippen MR) is 145 cm³/mol. The second-order valence-corrected chi connectivity index (χ2v) is 11.0. The summed E-state index contributed by atoms with van der Waals surface area (Å²) in [4.78, 5) is 14.5. The van der Waals surface area contributed by atoms with Gasteiger partial charge in [-0.05, 0) is 56.0 Å². The highest BCUT2D eigenvalue weighted by molar-refractivity contribution is 6.36. The zero-order valence-electron chi connectivity index (χ0n) is 22.3. The van der Waals surface area contributed by atoms with Gasteiger partial charge in [0.25, 0.3) is 5.69 Å². The van der Waals surface area contributed by atoms with E-state index in [1.54, 1.807) is 0 Å². The van der Waals surface area contributed by atoms with Gasteiger partial charge in [0, 0.05) is 68.4 Å². The Morgan fingerprint density at radius 1 is 1.02 bits per heavy atom. The van der Waals surface area contributed by atoms with Crippen molar-refractivity contribution in [2.24, 2.45) is 0 Å². The van der Waals surface area contributed by atoms with E-state index < -0.39 is 34.1 Å². The third kappa shape index (κ3) is 6.78. The molecule has 2 fully saturated rings. The molecule has 0 amide bonds. The molecule has 1 aromatic heterocycles. The molecule has 0 spiro atoms. The number of furan rings is 1. The van der Waals surface area contributed by atoms with Crippen molar-refractivity contribution in [2.75, 3.05) is 38.0 Å². The lowest BCUT2D eigenvalue weighted by Gasteiger charge is -2.42. The minimum Gasteiger partial charge on any atom is -0.459 e. The quantitative estimate of drug-likeness (QED) is 0.166. The number of nitrogens with one attached hydrogen (secondary N) is 1. The molecule has 5 rings (SSSR count). The smallest absolute Gasteiger partial charge is 0.423 e. The number of nitro benzene ring substituents is 1. The van der Waals surface area contributed by atoms with Crippen LogP contribution in [0.5, 0.6) is 0 Å². The van der Waals surface area contributed by atoms with Gasteiger partial charge in [-0.25, -0.2) is 0 Å². The molecular formula is C28H28ClF6N4O3. The molecule has 2 heterocycles. The van der Waals surface area contributed by atoms with E-state index in [1.165, 1.54) is 18.2 Å². The summed E-state index contributed by atoms with van der Waals surface area (Å²) < 4.78 is 85.1. The number of rotatable bonds is 7. The van der Waals surface area contributed by atoms with E-state index in [2.05, 4.69) is 15.1 Å². The maximum Gasteiger partial charge on any atom is 0.423 e. The van der Waals surface area contributed by atoms with Crippen LogP contribution in [0.2, 0.25) is 5.02 Å². The standard InChI is InChI=1S/C28H28ClF6N4O3/c29-26-21-14-17(27(30,31)32)4-7-24(21)42-25(26)8-9-37-10-12-38(13-11-37)20-3-1-2-18(15-20)36-19-5-6-23(39(40)41)22(16-19)28(33,34)35/h4-7,14,16,18,36H,1-3,8-13,15H2. The van der Waals surface area contributed by atoms with Crippen LogP contribution in [0.1, 0.15) is 42.6 Å². The minimum absolute atomic E-state index is 0.0950. The summed E-state index contributed by atoms with van der Waals surface area (Å²) in [6.07, 6.45) is -5.67. The lowest BCUT2D eigenvalue weighted by Crippen LogP contribution is -2.49. The first kappa shape index (κ1) is 30.4. The van der Waals surface area contributed by atoms with E-state index in [0.717, 1.165) is 69.7 Å².